The summed E-state index contributed by atoms with van der Waals surface area (Å²) in [5.41, 5.74) is 2.89. The zero-order valence-electron chi connectivity index (χ0n) is 14.5. The normalized spacial score (nSPS) is 10.8. The Morgan fingerprint density at radius 2 is 1.92 bits per heavy atom. The van der Waals surface area contributed by atoms with Crippen LogP contribution in [0.3, 0.4) is 0 Å². The molecule has 3 rings (SSSR count). The molecule has 1 aromatic heterocycles. The summed E-state index contributed by atoms with van der Waals surface area (Å²) in [6.45, 7) is 3.00. The van der Waals surface area contributed by atoms with Gasteiger partial charge in [-0.1, -0.05) is 42.5 Å². The number of benzene rings is 2. The van der Waals surface area contributed by atoms with E-state index in [9.17, 15) is 4.79 Å². The summed E-state index contributed by atoms with van der Waals surface area (Å²) < 4.78 is 5.40. The van der Waals surface area contributed by atoms with Crippen LogP contribution in [0.1, 0.15) is 18.2 Å². The highest BCUT2D eigenvalue weighted by molar-refractivity contribution is 7.13. The summed E-state index contributed by atoms with van der Waals surface area (Å²) >= 11 is 1.58. The monoisotopic (exact) mass is 364 g/mol. The average molecular weight is 364 g/mol. The largest absolute Gasteiger partial charge is 0.494 e. The maximum atomic E-state index is 12.0. The summed E-state index contributed by atoms with van der Waals surface area (Å²) in [6, 6.07) is 17.6. The van der Waals surface area contributed by atoms with E-state index in [1.54, 1.807) is 17.4 Å². The zero-order valence-corrected chi connectivity index (χ0v) is 15.3. The predicted molar refractivity (Wildman–Crippen MR) is 106 cm³/mol. The standard InChI is InChI=1S/C21H20N2O2S/c1-2-25-19-11-8-16(9-12-19)10-13-20(24)22-14-18-15-26-21(23-18)17-6-4-3-5-7-17/h3-13,15H,2,14H2,1H3,(H,22,24)/b13-10+. The Hall–Kier alpha value is -2.92. The first-order valence-corrected chi connectivity index (χ1v) is 9.31. The maximum absolute atomic E-state index is 12.0. The molecule has 0 saturated heterocycles. The van der Waals surface area contributed by atoms with E-state index in [0.717, 1.165) is 27.6 Å². The van der Waals surface area contributed by atoms with Crippen molar-refractivity contribution in [3.8, 4) is 16.3 Å². The molecule has 1 amide bonds. The van der Waals surface area contributed by atoms with Gasteiger partial charge in [-0.25, -0.2) is 4.98 Å². The Morgan fingerprint density at radius 3 is 2.65 bits per heavy atom. The van der Waals surface area contributed by atoms with E-state index < -0.39 is 0 Å². The fourth-order valence-electron chi connectivity index (χ4n) is 2.35. The molecule has 0 atom stereocenters. The number of carbonyl (C=O) groups is 1. The van der Waals surface area contributed by atoms with E-state index in [4.69, 9.17) is 4.74 Å². The van der Waals surface area contributed by atoms with E-state index >= 15 is 0 Å². The lowest BCUT2D eigenvalue weighted by Gasteiger charge is -2.02. The molecule has 0 aliphatic carbocycles. The van der Waals surface area contributed by atoms with Gasteiger partial charge in [0.15, 0.2) is 0 Å². The topological polar surface area (TPSA) is 51.2 Å². The Bertz CT molecular complexity index is 871. The van der Waals surface area contributed by atoms with Gasteiger partial charge in [0.1, 0.15) is 10.8 Å². The number of nitrogens with zero attached hydrogens (tertiary/aromatic N) is 1. The first-order valence-electron chi connectivity index (χ1n) is 8.43. The van der Waals surface area contributed by atoms with Crippen molar-refractivity contribution in [2.75, 3.05) is 6.61 Å². The van der Waals surface area contributed by atoms with E-state index in [1.165, 1.54) is 6.08 Å². The van der Waals surface area contributed by atoms with Crippen molar-refractivity contribution in [2.24, 2.45) is 0 Å². The van der Waals surface area contributed by atoms with Crippen LogP contribution in [-0.4, -0.2) is 17.5 Å². The number of aromatic nitrogens is 1. The van der Waals surface area contributed by atoms with Gasteiger partial charge >= 0.3 is 0 Å². The van der Waals surface area contributed by atoms with Crippen LogP contribution in [0.2, 0.25) is 0 Å². The molecule has 0 spiro atoms. The maximum Gasteiger partial charge on any atom is 0.244 e. The van der Waals surface area contributed by atoms with Gasteiger partial charge in [-0.2, -0.15) is 0 Å². The minimum Gasteiger partial charge on any atom is -0.494 e. The van der Waals surface area contributed by atoms with Gasteiger partial charge in [-0.15, -0.1) is 11.3 Å². The van der Waals surface area contributed by atoms with Gasteiger partial charge in [0.25, 0.3) is 0 Å². The van der Waals surface area contributed by atoms with Crippen LogP contribution in [0.4, 0.5) is 0 Å². The molecular weight excluding hydrogens is 344 g/mol. The third-order valence-corrected chi connectivity index (χ3v) is 4.57. The average Bonchev–Trinajstić information content (AvgIpc) is 3.16. The minimum absolute atomic E-state index is 0.145. The molecule has 0 aliphatic heterocycles. The Morgan fingerprint density at radius 1 is 1.15 bits per heavy atom. The molecule has 0 aliphatic rings. The highest BCUT2D eigenvalue weighted by Gasteiger charge is 2.05. The van der Waals surface area contributed by atoms with Crippen LogP contribution in [0.5, 0.6) is 5.75 Å². The molecule has 1 heterocycles. The van der Waals surface area contributed by atoms with Crippen LogP contribution in [0, 0.1) is 0 Å². The Kier molecular flexibility index (Phi) is 6.17. The highest BCUT2D eigenvalue weighted by Crippen LogP contribution is 2.23. The highest BCUT2D eigenvalue weighted by atomic mass is 32.1. The van der Waals surface area contributed by atoms with Crippen molar-refractivity contribution in [3.05, 3.63) is 77.3 Å². The van der Waals surface area contributed by atoms with Crippen LogP contribution in [0.25, 0.3) is 16.6 Å². The van der Waals surface area contributed by atoms with Crippen LogP contribution >= 0.6 is 11.3 Å². The molecule has 0 fully saturated rings. The molecule has 26 heavy (non-hydrogen) atoms. The molecule has 0 bridgehead atoms. The first kappa shape index (κ1) is 17.9. The zero-order chi connectivity index (χ0) is 18.2. The second-order valence-corrected chi connectivity index (χ2v) is 6.42. The van der Waals surface area contributed by atoms with Gasteiger partial charge in [-0.05, 0) is 30.7 Å². The summed E-state index contributed by atoms with van der Waals surface area (Å²) in [5.74, 6) is 0.681. The van der Waals surface area contributed by atoms with Gasteiger partial charge in [0.05, 0.1) is 18.8 Å². The smallest absolute Gasteiger partial charge is 0.244 e. The Balaban J connectivity index is 1.52. The number of ether oxygens (including phenoxy) is 1. The number of carbonyl (C=O) groups excluding carboxylic acids is 1. The first-order chi connectivity index (χ1) is 12.7. The van der Waals surface area contributed by atoms with Crippen molar-refractivity contribution >= 4 is 23.3 Å². The summed E-state index contributed by atoms with van der Waals surface area (Å²) in [5, 5.41) is 5.79. The van der Waals surface area contributed by atoms with Gasteiger partial charge in [0.2, 0.25) is 5.91 Å². The number of rotatable bonds is 7. The second-order valence-electron chi connectivity index (χ2n) is 5.56. The van der Waals surface area contributed by atoms with Gasteiger partial charge < -0.3 is 10.1 Å². The number of thiazole rings is 1. The third-order valence-electron chi connectivity index (χ3n) is 3.63. The summed E-state index contributed by atoms with van der Waals surface area (Å²) in [7, 11) is 0. The fraction of sp³-hybridized carbons (Fsp3) is 0.143. The molecule has 1 N–H and O–H groups in total. The van der Waals surface area contributed by atoms with Crippen molar-refractivity contribution in [2.45, 2.75) is 13.5 Å². The number of nitrogens with one attached hydrogen (secondary N) is 1. The van der Waals surface area contributed by atoms with E-state index in [-0.39, 0.29) is 5.91 Å². The van der Waals surface area contributed by atoms with Crippen LogP contribution in [0.15, 0.2) is 66.1 Å². The van der Waals surface area contributed by atoms with Crippen molar-refractivity contribution in [1.29, 1.82) is 0 Å². The fourth-order valence-corrected chi connectivity index (χ4v) is 3.18. The number of hydrogen-bond donors (Lipinski definition) is 1. The number of hydrogen-bond acceptors (Lipinski definition) is 4. The molecule has 0 radical (unpaired) electrons. The third kappa shape index (κ3) is 5.04. The molecule has 0 unspecified atom stereocenters. The summed E-state index contributed by atoms with van der Waals surface area (Å²) in [6.07, 6.45) is 3.31. The molecule has 2 aromatic carbocycles. The van der Waals surface area contributed by atoms with E-state index in [2.05, 4.69) is 10.3 Å². The predicted octanol–water partition coefficient (Wildman–Crippen LogP) is 4.54. The summed E-state index contributed by atoms with van der Waals surface area (Å²) in [4.78, 5) is 16.6. The lowest BCUT2D eigenvalue weighted by Crippen LogP contribution is -2.20. The van der Waals surface area contributed by atoms with E-state index in [1.807, 2.05) is 66.9 Å². The second kappa shape index (κ2) is 8.97. The van der Waals surface area contributed by atoms with Crippen molar-refractivity contribution < 1.29 is 9.53 Å². The lowest BCUT2D eigenvalue weighted by atomic mass is 10.2. The molecule has 3 aromatic rings. The van der Waals surface area contributed by atoms with Crippen molar-refractivity contribution in [3.63, 3.8) is 0 Å². The van der Waals surface area contributed by atoms with Crippen molar-refractivity contribution in [1.82, 2.24) is 10.3 Å². The Labute approximate surface area is 157 Å². The minimum atomic E-state index is -0.145. The molecule has 4 nitrogen and oxygen atoms in total. The number of amides is 1. The molecule has 132 valence electrons. The molecule has 0 saturated carbocycles. The SMILES string of the molecule is CCOc1ccc(/C=C/C(=O)NCc2csc(-c3ccccc3)n2)cc1. The van der Waals surface area contributed by atoms with Gasteiger partial charge in [0, 0.05) is 17.0 Å². The quantitative estimate of drug-likeness (QED) is 0.626. The lowest BCUT2D eigenvalue weighted by molar-refractivity contribution is -0.116. The molecular formula is C21H20N2O2S. The molecule has 5 heteroatoms. The van der Waals surface area contributed by atoms with Gasteiger partial charge in [-0.3, -0.25) is 4.79 Å². The van der Waals surface area contributed by atoms with Crippen LogP contribution < -0.4 is 10.1 Å². The van der Waals surface area contributed by atoms with Crippen LogP contribution in [-0.2, 0) is 11.3 Å². The van der Waals surface area contributed by atoms with E-state index in [0.29, 0.717) is 13.2 Å².